The first-order chi connectivity index (χ1) is 14.3. The van der Waals surface area contributed by atoms with Crippen LogP contribution in [-0.2, 0) is 14.8 Å². The van der Waals surface area contributed by atoms with Gasteiger partial charge in [0.2, 0.25) is 15.9 Å². The van der Waals surface area contributed by atoms with Gasteiger partial charge in [-0.2, -0.15) is 4.31 Å². The number of benzene rings is 2. The van der Waals surface area contributed by atoms with Crippen LogP contribution in [0.1, 0.15) is 24.9 Å². The zero-order chi connectivity index (χ0) is 22.3. The molecule has 2 aromatic rings. The van der Waals surface area contributed by atoms with Crippen LogP contribution in [0.25, 0.3) is 0 Å². The highest BCUT2D eigenvalue weighted by atomic mass is 32.2. The van der Waals surface area contributed by atoms with Crippen LogP contribution in [0, 0.1) is 0 Å². The summed E-state index contributed by atoms with van der Waals surface area (Å²) in [6.07, 6.45) is 0.657. The van der Waals surface area contributed by atoms with Gasteiger partial charge in [0.25, 0.3) is 0 Å². The standard InChI is InChI=1S/C21H28N2O6S/c1-6-18(15-7-9-16(27-3)10-8-15)22-21(24)14-23(2)30(25,26)17-11-12-19(28-4)20(13-17)29-5/h7-13,18H,6,14H2,1-5H3,(H,22,24)/t18-/m1/s1. The molecule has 0 saturated heterocycles. The van der Waals surface area contributed by atoms with E-state index in [0.29, 0.717) is 17.9 Å². The van der Waals surface area contributed by atoms with Gasteiger partial charge in [0, 0.05) is 13.1 Å². The zero-order valence-corrected chi connectivity index (χ0v) is 18.7. The Kier molecular flexibility index (Phi) is 8.08. The van der Waals surface area contributed by atoms with E-state index in [1.54, 1.807) is 7.11 Å². The Labute approximate surface area is 177 Å². The van der Waals surface area contributed by atoms with E-state index >= 15 is 0 Å². The van der Waals surface area contributed by atoms with Crippen molar-refractivity contribution in [2.75, 3.05) is 34.9 Å². The van der Waals surface area contributed by atoms with E-state index in [4.69, 9.17) is 14.2 Å². The fraction of sp³-hybridized carbons (Fsp3) is 0.381. The third-order valence-corrected chi connectivity index (χ3v) is 6.49. The maximum atomic E-state index is 12.9. The Bertz CT molecular complexity index is 960. The average Bonchev–Trinajstić information content (AvgIpc) is 2.76. The first-order valence-electron chi connectivity index (χ1n) is 9.38. The van der Waals surface area contributed by atoms with Gasteiger partial charge in [-0.15, -0.1) is 0 Å². The minimum absolute atomic E-state index is 0.0117. The molecule has 2 rings (SSSR count). The molecular weight excluding hydrogens is 408 g/mol. The number of hydrogen-bond acceptors (Lipinski definition) is 6. The SMILES string of the molecule is CC[C@@H](NC(=O)CN(C)S(=O)(=O)c1ccc(OC)c(OC)c1)c1ccc(OC)cc1. The van der Waals surface area contributed by atoms with Gasteiger partial charge in [-0.3, -0.25) is 4.79 Å². The molecule has 1 amide bonds. The molecule has 164 valence electrons. The van der Waals surface area contributed by atoms with Crippen molar-refractivity contribution in [3.05, 3.63) is 48.0 Å². The van der Waals surface area contributed by atoms with Crippen molar-refractivity contribution in [1.29, 1.82) is 0 Å². The lowest BCUT2D eigenvalue weighted by Crippen LogP contribution is -2.39. The van der Waals surface area contributed by atoms with Crippen molar-refractivity contribution in [1.82, 2.24) is 9.62 Å². The van der Waals surface area contributed by atoms with Crippen molar-refractivity contribution in [3.63, 3.8) is 0 Å². The number of carbonyl (C=O) groups is 1. The summed E-state index contributed by atoms with van der Waals surface area (Å²) >= 11 is 0. The summed E-state index contributed by atoms with van der Waals surface area (Å²) in [5.41, 5.74) is 0.914. The van der Waals surface area contributed by atoms with E-state index in [0.717, 1.165) is 15.6 Å². The molecule has 0 radical (unpaired) electrons. The largest absolute Gasteiger partial charge is 0.497 e. The van der Waals surface area contributed by atoms with Gasteiger partial charge in [-0.1, -0.05) is 19.1 Å². The average molecular weight is 437 g/mol. The lowest BCUT2D eigenvalue weighted by Gasteiger charge is -2.21. The lowest BCUT2D eigenvalue weighted by molar-refractivity contribution is -0.121. The van der Waals surface area contributed by atoms with Gasteiger partial charge in [0.05, 0.1) is 38.8 Å². The highest BCUT2D eigenvalue weighted by Gasteiger charge is 2.25. The van der Waals surface area contributed by atoms with Gasteiger partial charge < -0.3 is 19.5 Å². The fourth-order valence-electron chi connectivity index (χ4n) is 2.94. The first kappa shape index (κ1) is 23.5. The van der Waals surface area contributed by atoms with Crippen LogP contribution < -0.4 is 19.5 Å². The van der Waals surface area contributed by atoms with Gasteiger partial charge in [0.15, 0.2) is 11.5 Å². The first-order valence-corrected chi connectivity index (χ1v) is 10.8. The van der Waals surface area contributed by atoms with Gasteiger partial charge >= 0.3 is 0 Å². The Morgan fingerprint density at radius 3 is 2.17 bits per heavy atom. The summed E-state index contributed by atoms with van der Waals surface area (Å²) in [6.45, 7) is 1.63. The molecule has 0 aliphatic rings. The molecule has 0 spiro atoms. The molecule has 0 fully saturated rings. The second-order valence-corrected chi connectivity index (χ2v) is 8.62. The maximum Gasteiger partial charge on any atom is 0.243 e. The highest BCUT2D eigenvalue weighted by Crippen LogP contribution is 2.30. The number of likely N-dealkylation sites (N-methyl/N-ethyl adjacent to an activating group) is 1. The third-order valence-electron chi connectivity index (χ3n) is 4.69. The second-order valence-electron chi connectivity index (χ2n) is 6.58. The van der Waals surface area contributed by atoms with Crippen LogP contribution in [0.15, 0.2) is 47.4 Å². The van der Waals surface area contributed by atoms with E-state index in [2.05, 4.69) is 5.32 Å². The molecule has 0 aromatic heterocycles. The van der Waals surface area contributed by atoms with E-state index in [1.807, 2.05) is 31.2 Å². The van der Waals surface area contributed by atoms with Crippen LogP contribution in [0.3, 0.4) is 0 Å². The Morgan fingerprint density at radius 2 is 1.63 bits per heavy atom. The number of ether oxygens (including phenoxy) is 3. The number of hydrogen-bond donors (Lipinski definition) is 1. The minimum atomic E-state index is -3.89. The van der Waals surface area contributed by atoms with Gasteiger partial charge in [-0.25, -0.2) is 8.42 Å². The third kappa shape index (κ3) is 5.43. The van der Waals surface area contributed by atoms with Crippen molar-refractivity contribution >= 4 is 15.9 Å². The number of nitrogens with one attached hydrogen (secondary N) is 1. The van der Waals surface area contributed by atoms with E-state index in [-0.39, 0.29) is 17.5 Å². The topological polar surface area (TPSA) is 94.2 Å². The molecule has 0 aliphatic carbocycles. The number of rotatable bonds is 10. The summed E-state index contributed by atoms with van der Waals surface area (Å²) in [5.74, 6) is 1.04. The second kappa shape index (κ2) is 10.3. The molecule has 1 atom stereocenters. The summed E-state index contributed by atoms with van der Waals surface area (Å²) in [4.78, 5) is 12.5. The molecule has 0 bridgehead atoms. The number of nitrogens with zero attached hydrogens (tertiary/aromatic N) is 1. The lowest BCUT2D eigenvalue weighted by atomic mass is 10.0. The van der Waals surface area contributed by atoms with Crippen LogP contribution in [0.5, 0.6) is 17.2 Å². The van der Waals surface area contributed by atoms with Crippen molar-refractivity contribution in [2.24, 2.45) is 0 Å². The number of methoxy groups -OCH3 is 3. The molecule has 2 aromatic carbocycles. The van der Waals surface area contributed by atoms with Gasteiger partial charge in [-0.05, 0) is 36.2 Å². The van der Waals surface area contributed by atoms with Crippen LogP contribution in [0.4, 0.5) is 0 Å². The summed E-state index contributed by atoms with van der Waals surface area (Å²) in [7, 11) is 1.95. The molecule has 1 N–H and O–H groups in total. The molecule has 8 nitrogen and oxygen atoms in total. The quantitative estimate of drug-likeness (QED) is 0.615. The minimum Gasteiger partial charge on any atom is -0.497 e. The molecule has 0 heterocycles. The molecule has 30 heavy (non-hydrogen) atoms. The Morgan fingerprint density at radius 1 is 1.00 bits per heavy atom. The highest BCUT2D eigenvalue weighted by molar-refractivity contribution is 7.89. The summed E-state index contributed by atoms with van der Waals surface area (Å²) < 4.78 is 42.2. The van der Waals surface area contributed by atoms with Crippen LogP contribution in [-0.4, -0.2) is 53.6 Å². The maximum absolute atomic E-state index is 12.9. The number of carbonyl (C=O) groups excluding carboxylic acids is 1. The molecule has 9 heteroatoms. The zero-order valence-electron chi connectivity index (χ0n) is 17.8. The number of amides is 1. The van der Waals surface area contributed by atoms with Crippen molar-refractivity contribution in [3.8, 4) is 17.2 Å². The molecular formula is C21H28N2O6S. The normalized spacial score (nSPS) is 12.3. The predicted octanol–water partition coefficient (Wildman–Crippen LogP) is 2.60. The van der Waals surface area contributed by atoms with Crippen molar-refractivity contribution in [2.45, 2.75) is 24.3 Å². The Hall–Kier alpha value is -2.78. The van der Waals surface area contributed by atoms with E-state index < -0.39 is 15.9 Å². The van der Waals surface area contributed by atoms with Crippen LogP contribution >= 0.6 is 0 Å². The van der Waals surface area contributed by atoms with Crippen LogP contribution in [0.2, 0.25) is 0 Å². The molecule has 0 saturated carbocycles. The monoisotopic (exact) mass is 436 g/mol. The molecule has 0 aliphatic heterocycles. The van der Waals surface area contributed by atoms with E-state index in [9.17, 15) is 13.2 Å². The van der Waals surface area contributed by atoms with Crippen molar-refractivity contribution < 1.29 is 27.4 Å². The molecule has 0 unspecified atom stereocenters. The van der Waals surface area contributed by atoms with E-state index in [1.165, 1.54) is 39.5 Å². The summed E-state index contributed by atoms with van der Waals surface area (Å²) in [6, 6.07) is 11.4. The Balaban J connectivity index is 2.11. The smallest absolute Gasteiger partial charge is 0.243 e. The predicted molar refractivity (Wildman–Crippen MR) is 114 cm³/mol. The van der Waals surface area contributed by atoms with Gasteiger partial charge in [0.1, 0.15) is 5.75 Å². The summed E-state index contributed by atoms with van der Waals surface area (Å²) in [5, 5.41) is 2.89. The fourth-order valence-corrected chi connectivity index (χ4v) is 4.08. The number of sulfonamides is 1.